The Morgan fingerprint density at radius 3 is 2.54 bits per heavy atom. The van der Waals surface area contributed by atoms with Gasteiger partial charge in [-0.2, -0.15) is 0 Å². The molecule has 1 fully saturated rings. The molecular weight excluding hydrogens is 523 g/mol. The van der Waals surface area contributed by atoms with E-state index in [-0.39, 0.29) is 17.4 Å². The summed E-state index contributed by atoms with van der Waals surface area (Å²) in [5.74, 6) is 1.53. The maximum absolute atomic E-state index is 15.1. The third kappa shape index (κ3) is 5.40. The first-order valence-corrected chi connectivity index (χ1v) is 14.0. The molecule has 1 N–H and O–H groups in total. The summed E-state index contributed by atoms with van der Waals surface area (Å²) in [6, 6.07) is 9.07. The normalized spacial score (nSPS) is 16.6. The van der Waals surface area contributed by atoms with Gasteiger partial charge < -0.3 is 24.4 Å². The summed E-state index contributed by atoms with van der Waals surface area (Å²) in [7, 11) is 0. The number of carbonyl (C=O) groups excluding carboxylic acids is 1. The van der Waals surface area contributed by atoms with E-state index in [1.165, 1.54) is 6.07 Å². The van der Waals surface area contributed by atoms with Gasteiger partial charge in [0.25, 0.3) is 0 Å². The Bertz CT molecular complexity index is 1600. The number of piperazine rings is 1. The number of fused-ring (bicyclic) bond motifs is 3. The summed E-state index contributed by atoms with van der Waals surface area (Å²) in [6.45, 7) is 12.5. The van der Waals surface area contributed by atoms with Crippen molar-refractivity contribution in [3.63, 3.8) is 0 Å². The SMILES string of the molecule is CC(C)(C)OC(=O)N1CCN(c2ccc(Nc3nccc(-c4cc(F)c5nc6n(c5c4)C(C)(C)CC6)n3)nc2)CC1. The van der Waals surface area contributed by atoms with Crippen molar-refractivity contribution in [1.29, 1.82) is 0 Å². The second-order valence-corrected chi connectivity index (χ2v) is 12.2. The largest absolute Gasteiger partial charge is 0.444 e. The highest BCUT2D eigenvalue weighted by Gasteiger charge is 2.33. The summed E-state index contributed by atoms with van der Waals surface area (Å²) in [4.78, 5) is 34.4. The van der Waals surface area contributed by atoms with Gasteiger partial charge in [-0.25, -0.2) is 29.1 Å². The summed E-state index contributed by atoms with van der Waals surface area (Å²) < 4.78 is 22.8. The molecule has 0 atom stereocenters. The van der Waals surface area contributed by atoms with E-state index in [9.17, 15) is 4.79 Å². The predicted octanol–water partition coefficient (Wildman–Crippen LogP) is 5.51. The molecule has 2 aliphatic rings. The van der Waals surface area contributed by atoms with Gasteiger partial charge in [0, 0.05) is 49.9 Å². The van der Waals surface area contributed by atoms with E-state index in [1.807, 2.05) is 39.0 Å². The van der Waals surface area contributed by atoms with Crippen LogP contribution in [0.25, 0.3) is 22.3 Å². The minimum absolute atomic E-state index is 0.114. The monoisotopic (exact) mass is 558 g/mol. The van der Waals surface area contributed by atoms with Crippen molar-refractivity contribution >= 4 is 34.6 Å². The van der Waals surface area contributed by atoms with Crippen LogP contribution >= 0.6 is 0 Å². The highest BCUT2D eigenvalue weighted by molar-refractivity contribution is 5.83. The van der Waals surface area contributed by atoms with Crippen LogP contribution in [0.15, 0.2) is 42.7 Å². The zero-order valence-corrected chi connectivity index (χ0v) is 24.1. The van der Waals surface area contributed by atoms with E-state index in [4.69, 9.17) is 4.74 Å². The molecular formula is C30H35FN8O2. The molecule has 11 heteroatoms. The van der Waals surface area contributed by atoms with Crippen molar-refractivity contribution < 1.29 is 13.9 Å². The Labute approximate surface area is 238 Å². The number of aryl methyl sites for hydroxylation is 1. The van der Waals surface area contributed by atoms with Crippen LogP contribution in [0.1, 0.15) is 46.9 Å². The van der Waals surface area contributed by atoms with Crippen LogP contribution in [0.2, 0.25) is 0 Å². The van der Waals surface area contributed by atoms with Gasteiger partial charge in [-0.05, 0) is 71.4 Å². The minimum atomic E-state index is -0.509. The smallest absolute Gasteiger partial charge is 0.410 e. The Balaban J connectivity index is 1.14. The minimum Gasteiger partial charge on any atom is -0.444 e. The fraction of sp³-hybridized carbons (Fsp3) is 0.433. The molecule has 5 heterocycles. The van der Waals surface area contributed by atoms with Gasteiger partial charge in [-0.3, -0.25) is 0 Å². The molecule has 1 aromatic carbocycles. The van der Waals surface area contributed by atoms with E-state index in [2.05, 4.69) is 48.6 Å². The third-order valence-corrected chi connectivity index (χ3v) is 7.58. The van der Waals surface area contributed by atoms with E-state index in [1.54, 1.807) is 23.4 Å². The number of nitrogens with one attached hydrogen (secondary N) is 1. The van der Waals surface area contributed by atoms with Gasteiger partial charge in [0.05, 0.1) is 23.1 Å². The van der Waals surface area contributed by atoms with Crippen molar-refractivity contribution in [2.75, 3.05) is 36.4 Å². The van der Waals surface area contributed by atoms with E-state index < -0.39 is 5.60 Å². The number of imidazole rings is 1. The van der Waals surface area contributed by atoms with Gasteiger partial charge in [0.1, 0.15) is 22.8 Å². The van der Waals surface area contributed by atoms with Crippen LogP contribution in [0.3, 0.4) is 0 Å². The number of benzene rings is 1. The number of ether oxygens (including phenoxy) is 1. The summed E-state index contributed by atoms with van der Waals surface area (Å²) >= 11 is 0. The van der Waals surface area contributed by atoms with Crippen molar-refractivity contribution in [1.82, 2.24) is 29.4 Å². The number of halogens is 1. The second-order valence-electron chi connectivity index (χ2n) is 12.2. The van der Waals surface area contributed by atoms with Gasteiger partial charge in [-0.15, -0.1) is 0 Å². The lowest BCUT2D eigenvalue weighted by molar-refractivity contribution is 0.0240. The molecule has 0 unspecified atom stereocenters. The second kappa shape index (κ2) is 9.97. The molecule has 4 aromatic rings. The summed E-state index contributed by atoms with van der Waals surface area (Å²) in [5.41, 5.74) is 2.81. The standard InChI is InChI=1S/C30H35FN8O2/c1-29(2,3)41-28(40)38-14-12-37(13-15-38)20-6-7-24(33-18-20)35-27-32-11-9-22(34-27)19-16-21(31)26-23(17-19)39-25(36-26)8-10-30(39,4)5/h6-7,9,11,16-18H,8,10,12-15H2,1-5H3,(H,32,33,34,35). The van der Waals surface area contributed by atoms with Gasteiger partial charge in [0.2, 0.25) is 5.95 Å². The summed E-state index contributed by atoms with van der Waals surface area (Å²) in [5, 5.41) is 3.16. The highest BCUT2D eigenvalue weighted by atomic mass is 19.1. The number of hydrogen-bond acceptors (Lipinski definition) is 8. The van der Waals surface area contributed by atoms with Crippen LogP contribution in [0, 0.1) is 5.82 Å². The summed E-state index contributed by atoms with van der Waals surface area (Å²) in [6.07, 6.45) is 4.98. The van der Waals surface area contributed by atoms with Crippen molar-refractivity contribution in [2.24, 2.45) is 0 Å². The molecule has 1 saturated heterocycles. The molecule has 2 aliphatic heterocycles. The maximum Gasteiger partial charge on any atom is 0.410 e. The number of anilines is 3. The average Bonchev–Trinajstić information content (AvgIpc) is 3.46. The van der Waals surface area contributed by atoms with E-state index in [0.29, 0.717) is 54.7 Å². The Morgan fingerprint density at radius 2 is 1.83 bits per heavy atom. The predicted molar refractivity (Wildman–Crippen MR) is 156 cm³/mol. The highest BCUT2D eigenvalue weighted by Crippen LogP contribution is 2.37. The van der Waals surface area contributed by atoms with Crippen LogP contribution < -0.4 is 10.2 Å². The van der Waals surface area contributed by atoms with Crippen LogP contribution in [-0.4, -0.2) is 67.3 Å². The van der Waals surface area contributed by atoms with Crippen molar-refractivity contribution in [3.05, 3.63) is 54.4 Å². The molecule has 10 nitrogen and oxygen atoms in total. The molecule has 6 rings (SSSR count). The molecule has 1 amide bonds. The third-order valence-electron chi connectivity index (χ3n) is 7.58. The lowest BCUT2D eigenvalue weighted by atomic mass is 10.0. The topological polar surface area (TPSA) is 101 Å². The molecule has 41 heavy (non-hydrogen) atoms. The number of hydrogen-bond donors (Lipinski definition) is 1. The number of carbonyl (C=O) groups is 1. The number of rotatable bonds is 4. The Hall–Kier alpha value is -4.28. The molecule has 0 saturated carbocycles. The average molecular weight is 559 g/mol. The number of pyridine rings is 1. The first-order chi connectivity index (χ1) is 19.5. The van der Waals surface area contributed by atoms with Crippen molar-refractivity contribution in [3.8, 4) is 11.3 Å². The van der Waals surface area contributed by atoms with Gasteiger partial charge in [-0.1, -0.05) is 0 Å². The number of amides is 1. The fourth-order valence-electron chi connectivity index (χ4n) is 5.52. The van der Waals surface area contributed by atoms with E-state index in [0.717, 1.165) is 29.9 Å². The lowest BCUT2D eigenvalue weighted by Crippen LogP contribution is -2.50. The molecule has 0 aliphatic carbocycles. The maximum atomic E-state index is 15.1. The fourth-order valence-corrected chi connectivity index (χ4v) is 5.52. The Kier molecular flexibility index (Phi) is 6.55. The molecule has 3 aromatic heterocycles. The quantitative estimate of drug-likeness (QED) is 0.350. The van der Waals surface area contributed by atoms with Gasteiger partial charge in [0.15, 0.2) is 5.82 Å². The number of aromatic nitrogens is 5. The first kappa shape index (κ1) is 26.9. The van der Waals surface area contributed by atoms with E-state index >= 15 is 4.39 Å². The zero-order valence-electron chi connectivity index (χ0n) is 24.1. The molecule has 0 spiro atoms. The number of nitrogens with zero attached hydrogens (tertiary/aromatic N) is 7. The lowest BCUT2D eigenvalue weighted by Gasteiger charge is -2.36. The van der Waals surface area contributed by atoms with Gasteiger partial charge >= 0.3 is 6.09 Å². The van der Waals surface area contributed by atoms with Crippen LogP contribution in [0.4, 0.5) is 26.6 Å². The van der Waals surface area contributed by atoms with Crippen LogP contribution in [0.5, 0.6) is 0 Å². The van der Waals surface area contributed by atoms with Crippen LogP contribution in [-0.2, 0) is 16.7 Å². The molecule has 214 valence electrons. The molecule has 0 bridgehead atoms. The Morgan fingerprint density at radius 1 is 1.05 bits per heavy atom. The first-order valence-electron chi connectivity index (χ1n) is 14.0. The zero-order chi connectivity index (χ0) is 28.9. The van der Waals surface area contributed by atoms with Crippen molar-refractivity contribution in [2.45, 2.75) is 58.6 Å². The molecule has 0 radical (unpaired) electrons.